The average molecular weight is 325 g/mol. The van der Waals surface area contributed by atoms with Gasteiger partial charge >= 0.3 is 6.03 Å². The van der Waals surface area contributed by atoms with Gasteiger partial charge in [0, 0.05) is 38.9 Å². The minimum absolute atomic E-state index is 0.0373. The highest BCUT2D eigenvalue weighted by Gasteiger charge is 2.11. The second-order valence-electron chi connectivity index (χ2n) is 5.84. The van der Waals surface area contributed by atoms with Crippen LogP contribution in [0.2, 0.25) is 0 Å². The molecule has 0 heterocycles. The van der Waals surface area contributed by atoms with E-state index in [2.05, 4.69) is 5.32 Å². The van der Waals surface area contributed by atoms with E-state index in [0.29, 0.717) is 12.2 Å². The molecule has 0 bridgehead atoms. The Morgan fingerprint density at radius 1 is 1.00 bits per heavy atom. The summed E-state index contributed by atoms with van der Waals surface area (Å²) < 4.78 is 0. The lowest BCUT2D eigenvalue weighted by molar-refractivity contribution is -0.116. The van der Waals surface area contributed by atoms with E-state index in [1.807, 2.05) is 31.2 Å². The number of hydrogen-bond acceptors (Lipinski definition) is 2. The molecule has 0 radical (unpaired) electrons. The summed E-state index contributed by atoms with van der Waals surface area (Å²) in [5, 5.41) is 2.86. The van der Waals surface area contributed by atoms with Gasteiger partial charge in [-0.3, -0.25) is 4.79 Å². The first kappa shape index (κ1) is 17.5. The zero-order valence-electron chi connectivity index (χ0n) is 14.5. The Morgan fingerprint density at radius 2 is 1.62 bits per heavy atom. The van der Waals surface area contributed by atoms with Crippen molar-refractivity contribution in [2.24, 2.45) is 0 Å². The number of urea groups is 1. The summed E-state index contributed by atoms with van der Waals surface area (Å²) in [6.07, 6.45) is 0. The SMILES string of the molecule is CC(=O)N(C)c1ccc(NC(=O)N(C)Cc2ccccc2C)cc1. The normalized spacial score (nSPS) is 10.2. The van der Waals surface area contributed by atoms with Gasteiger partial charge in [-0.15, -0.1) is 0 Å². The Morgan fingerprint density at radius 3 is 2.21 bits per heavy atom. The minimum atomic E-state index is -0.175. The van der Waals surface area contributed by atoms with E-state index < -0.39 is 0 Å². The summed E-state index contributed by atoms with van der Waals surface area (Å²) in [6, 6.07) is 15.0. The second-order valence-corrected chi connectivity index (χ2v) is 5.84. The Balaban J connectivity index is 1.99. The van der Waals surface area contributed by atoms with Crippen LogP contribution in [-0.4, -0.2) is 30.9 Å². The number of nitrogens with zero attached hydrogens (tertiary/aromatic N) is 2. The van der Waals surface area contributed by atoms with Crippen molar-refractivity contribution < 1.29 is 9.59 Å². The van der Waals surface area contributed by atoms with Gasteiger partial charge in [0.1, 0.15) is 0 Å². The van der Waals surface area contributed by atoms with E-state index in [1.165, 1.54) is 6.92 Å². The van der Waals surface area contributed by atoms with Crippen LogP contribution in [0.1, 0.15) is 18.1 Å². The number of rotatable bonds is 4. The lowest BCUT2D eigenvalue weighted by Crippen LogP contribution is -2.31. The Hall–Kier alpha value is -2.82. The summed E-state index contributed by atoms with van der Waals surface area (Å²) in [4.78, 5) is 26.8. The van der Waals surface area contributed by atoms with E-state index in [9.17, 15) is 9.59 Å². The summed E-state index contributed by atoms with van der Waals surface area (Å²) in [6.45, 7) is 4.09. The molecule has 0 aliphatic carbocycles. The van der Waals surface area contributed by atoms with Gasteiger partial charge < -0.3 is 15.1 Å². The number of carbonyl (C=O) groups is 2. The number of benzene rings is 2. The Bertz CT molecular complexity index is 726. The third-order valence-electron chi connectivity index (χ3n) is 3.99. The fourth-order valence-electron chi connectivity index (χ4n) is 2.28. The van der Waals surface area contributed by atoms with Crippen molar-refractivity contribution in [1.82, 2.24) is 4.90 Å². The Kier molecular flexibility index (Phi) is 5.58. The number of anilines is 2. The predicted molar refractivity (Wildman–Crippen MR) is 97.2 cm³/mol. The first-order chi connectivity index (χ1) is 11.4. The fourth-order valence-corrected chi connectivity index (χ4v) is 2.28. The van der Waals surface area contributed by atoms with Crippen molar-refractivity contribution in [3.05, 3.63) is 59.7 Å². The zero-order valence-corrected chi connectivity index (χ0v) is 14.5. The van der Waals surface area contributed by atoms with Crippen LogP contribution in [0.5, 0.6) is 0 Å². The van der Waals surface area contributed by atoms with Gasteiger partial charge in [-0.2, -0.15) is 0 Å². The van der Waals surface area contributed by atoms with Crippen LogP contribution in [-0.2, 0) is 11.3 Å². The minimum Gasteiger partial charge on any atom is -0.323 e. The number of aryl methyl sites for hydroxylation is 1. The van der Waals surface area contributed by atoms with Crippen LogP contribution < -0.4 is 10.2 Å². The van der Waals surface area contributed by atoms with Crippen molar-refractivity contribution in [2.75, 3.05) is 24.3 Å². The highest BCUT2D eigenvalue weighted by atomic mass is 16.2. The standard InChI is InChI=1S/C19H23N3O2/c1-14-7-5-6-8-16(14)13-21(3)19(24)20-17-9-11-18(12-10-17)22(4)15(2)23/h5-12H,13H2,1-4H3,(H,20,24). The van der Waals surface area contributed by atoms with Gasteiger partial charge in [0.25, 0.3) is 0 Å². The highest BCUT2D eigenvalue weighted by Crippen LogP contribution is 2.17. The molecule has 0 aliphatic heterocycles. The molecule has 0 aromatic heterocycles. The van der Waals surface area contributed by atoms with Gasteiger partial charge in [0.15, 0.2) is 0 Å². The molecule has 0 spiro atoms. The molecule has 0 fully saturated rings. The van der Waals surface area contributed by atoms with Crippen molar-refractivity contribution in [2.45, 2.75) is 20.4 Å². The van der Waals surface area contributed by atoms with E-state index in [0.717, 1.165) is 16.8 Å². The zero-order chi connectivity index (χ0) is 17.7. The van der Waals surface area contributed by atoms with Gasteiger partial charge in [-0.05, 0) is 42.3 Å². The second kappa shape index (κ2) is 7.64. The van der Waals surface area contributed by atoms with Gasteiger partial charge in [0.05, 0.1) is 0 Å². The van der Waals surface area contributed by atoms with Crippen LogP contribution >= 0.6 is 0 Å². The highest BCUT2D eigenvalue weighted by molar-refractivity contribution is 5.92. The van der Waals surface area contributed by atoms with Crippen LogP contribution in [0, 0.1) is 6.92 Å². The number of nitrogens with one attached hydrogen (secondary N) is 1. The maximum atomic E-state index is 12.3. The quantitative estimate of drug-likeness (QED) is 0.933. The van der Waals surface area contributed by atoms with Crippen LogP contribution in [0.4, 0.5) is 16.2 Å². The van der Waals surface area contributed by atoms with Gasteiger partial charge in [-0.1, -0.05) is 24.3 Å². The number of hydrogen-bond donors (Lipinski definition) is 1. The number of carbonyl (C=O) groups excluding carboxylic acids is 2. The van der Waals surface area contributed by atoms with Crippen molar-refractivity contribution in [3.8, 4) is 0 Å². The van der Waals surface area contributed by atoms with E-state index in [4.69, 9.17) is 0 Å². The maximum Gasteiger partial charge on any atom is 0.321 e. The summed E-state index contributed by atoms with van der Waals surface area (Å²) in [7, 11) is 3.48. The fraction of sp³-hybridized carbons (Fsp3) is 0.263. The molecule has 0 unspecified atom stereocenters. The first-order valence-electron chi connectivity index (χ1n) is 7.79. The van der Waals surface area contributed by atoms with Crippen LogP contribution in [0.3, 0.4) is 0 Å². The van der Waals surface area contributed by atoms with Crippen LogP contribution in [0.15, 0.2) is 48.5 Å². The van der Waals surface area contributed by atoms with Gasteiger partial charge in [0.2, 0.25) is 5.91 Å². The summed E-state index contributed by atoms with van der Waals surface area (Å²) >= 11 is 0. The molecule has 2 aromatic carbocycles. The molecule has 126 valence electrons. The van der Waals surface area contributed by atoms with E-state index in [-0.39, 0.29) is 11.9 Å². The topological polar surface area (TPSA) is 52.7 Å². The molecule has 2 rings (SSSR count). The lowest BCUT2D eigenvalue weighted by Gasteiger charge is -2.20. The third kappa shape index (κ3) is 4.35. The monoisotopic (exact) mass is 325 g/mol. The average Bonchev–Trinajstić information content (AvgIpc) is 2.56. The Labute approximate surface area is 142 Å². The molecule has 0 aliphatic rings. The van der Waals surface area contributed by atoms with Crippen molar-refractivity contribution in [1.29, 1.82) is 0 Å². The van der Waals surface area contributed by atoms with Crippen LogP contribution in [0.25, 0.3) is 0 Å². The maximum absolute atomic E-state index is 12.3. The molecule has 5 heteroatoms. The molecule has 1 N–H and O–H groups in total. The predicted octanol–water partition coefficient (Wildman–Crippen LogP) is 3.64. The van der Waals surface area contributed by atoms with Gasteiger partial charge in [-0.25, -0.2) is 4.79 Å². The molecule has 24 heavy (non-hydrogen) atoms. The third-order valence-corrected chi connectivity index (χ3v) is 3.99. The molecular weight excluding hydrogens is 302 g/mol. The van der Waals surface area contributed by atoms with Crippen molar-refractivity contribution in [3.63, 3.8) is 0 Å². The lowest BCUT2D eigenvalue weighted by atomic mass is 10.1. The first-order valence-corrected chi connectivity index (χ1v) is 7.79. The molecular formula is C19H23N3O2. The molecule has 5 nitrogen and oxygen atoms in total. The largest absolute Gasteiger partial charge is 0.323 e. The van der Waals surface area contributed by atoms with Crippen molar-refractivity contribution >= 4 is 23.3 Å². The molecule has 0 saturated carbocycles. The number of amides is 3. The molecule has 3 amide bonds. The molecule has 2 aromatic rings. The van der Waals surface area contributed by atoms with E-state index >= 15 is 0 Å². The molecule has 0 atom stereocenters. The summed E-state index contributed by atoms with van der Waals surface area (Å²) in [5.41, 5.74) is 3.76. The summed E-state index contributed by atoms with van der Waals surface area (Å²) in [5.74, 6) is -0.0373. The molecule has 0 saturated heterocycles. The van der Waals surface area contributed by atoms with E-state index in [1.54, 1.807) is 48.2 Å². The smallest absolute Gasteiger partial charge is 0.321 e.